The summed E-state index contributed by atoms with van der Waals surface area (Å²) in [4.78, 5) is 26.5. The van der Waals surface area contributed by atoms with Gasteiger partial charge in [0.1, 0.15) is 0 Å². The van der Waals surface area contributed by atoms with Crippen LogP contribution in [-0.2, 0) is 6.54 Å². The Hall–Kier alpha value is -3.61. The van der Waals surface area contributed by atoms with Crippen LogP contribution in [0.2, 0.25) is 0 Å². The fourth-order valence-electron chi connectivity index (χ4n) is 3.17. The Bertz CT molecular complexity index is 1200. The molecule has 0 fully saturated rings. The van der Waals surface area contributed by atoms with Crippen LogP contribution in [0.15, 0.2) is 61.3 Å². The van der Waals surface area contributed by atoms with E-state index in [-0.39, 0.29) is 17.4 Å². The fraction of sp³-hybridized carbons (Fsp3) is 0.292. The zero-order valence-corrected chi connectivity index (χ0v) is 18.2. The molecule has 1 atom stereocenters. The van der Waals surface area contributed by atoms with E-state index in [1.807, 2.05) is 37.3 Å². The number of nitrogens with one attached hydrogen (secondary N) is 1. The summed E-state index contributed by atoms with van der Waals surface area (Å²) in [7, 11) is 0. The first-order chi connectivity index (χ1) is 14.8. The van der Waals surface area contributed by atoms with Crippen molar-refractivity contribution in [3.8, 4) is 11.3 Å². The molecule has 0 aliphatic heterocycles. The van der Waals surface area contributed by atoms with Gasteiger partial charge in [0, 0.05) is 36.4 Å². The minimum Gasteiger partial charge on any atom is -0.349 e. The van der Waals surface area contributed by atoms with E-state index in [4.69, 9.17) is 4.98 Å². The molecule has 0 saturated heterocycles. The Morgan fingerprint density at radius 1 is 1.10 bits per heavy atom. The highest BCUT2D eigenvalue weighted by Gasteiger charge is 2.24. The van der Waals surface area contributed by atoms with Crippen molar-refractivity contribution in [3.05, 3.63) is 72.4 Å². The van der Waals surface area contributed by atoms with Crippen LogP contribution in [0, 0.1) is 5.41 Å². The summed E-state index contributed by atoms with van der Waals surface area (Å²) in [5.41, 5.74) is 3.68. The van der Waals surface area contributed by atoms with Crippen LogP contribution in [0.25, 0.3) is 22.3 Å². The lowest BCUT2D eigenvalue weighted by molar-refractivity contribution is 0.0912. The average Bonchev–Trinajstić information content (AvgIpc) is 3.16. The summed E-state index contributed by atoms with van der Waals surface area (Å²) in [5, 5.41) is 8.38. The lowest BCUT2D eigenvalue weighted by atomic mass is 9.88. The highest BCUT2D eigenvalue weighted by atomic mass is 16.1. The summed E-state index contributed by atoms with van der Waals surface area (Å²) in [6.07, 6.45) is 8.71. The largest absolute Gasteiger partial charge is 0.349 e. The molecule has 4 aromatic heterocycles. The average molecular weight is 415 g/mol. The molecule has 1 amide bonds. The molecule has 158 valence electrons. The van der Waals surface area contributed by atoms with E-state index in [9.17, 15) is 4.79 Å². The van der Waals surface area contributed by atoms with Crippen molar-refractivity contribution < 1.29 is 4.79 Å². The summed E-state index contributed by atoms with van der Waals surface area (Å²) in [6, 6.07) is 9.49. The first kappa shape index (κ1) is 20.7. The second-order valence-corrected chi connectivity index (χ2v) is 8.76. The third-order valence-corrected chi connectivity index (χ3v) is 5.51. The number of carbonyl (C=O) groups excluding carboxylic acids is 1. The van der Waals surface area contributed by atoms with Gasteiger partial charge >= 0.3 is 0 Å². The van der Waals surface area contributed by atoms with E-state index in [1.165, 1.54) is 0 Å². The highest BCUT2D eigenvalue weighted by molar-refractivity contribution is 6.06. The van der Waals surface area contributed by atoms with Crippen molar-refractivity contribution in [2.75, 3.05) is 0 Å². The Balaban J connectivity index is 1.81. The standard InChI is InChI=1S/C24H26N6O/c1-16(24(2,3)4)28-23(31)19-11-21(18-8-6-10-26-13-18)29-22-20(19)14-27-30(22)15-17-7-5-9-25-12-17/h5-14,16H,15H2,1-4H3,(H,28,31). The van der Waals surface area contributed by atoms with Gasteiger partial charge in [0.2, 0.25) is 0 Å². The fourth-order valence-corrected chi connectivity index (χ4v) is 3.17. The minimum absolute atomic E-state index is 0.00417. The van der Waals surface area contributed by atoms with Crippen LogP contribution in [0.5, 0.6) is 0 Å². The third-order valence-electron chi connectivity index (χ3n) is 5.51. The Morgan fingerprint density at radius 3 is 2.48 bits per heavy atom. The smallest absolute Gasteiger partial charge is 0.252 e. The number of fused-ring (bicyclic) bond motifs is 1. The molecule has 31 heavy (non-hydrogen) atoms. The van der Waals surface area contributed by atoms with Crippen LogP contribution in [0.3, 0.4) is 0 Å². The maximum absolute atomic E-state index is 13.3. The van der Waals surface area contributed by atoms with Gasteiger partial charge in [-0.3, -0.25) is 14.8 Å². The van der Waals surface area contributed by atoms with Crippen molar-refractivity contribution in [1.82, 2.24) is 30.0 Å². The Labute approximate surface area is 181 Å². The van der Waals surface area contributed by atoms with Crippen molar-refractivity contribution in [3.63, 3.8) is 0 Å². The molecule has 0 bridgehead atoms. The van der Waals surface area contributed by atoms with Crippen molar-refractivity contribution in [2.24, 2.45) is 5.41 Å². The molecule has 7 heteroatoms. The van der Waals surface area contributed by atoms with Gasteiger partial charge in [-0.2, -0.15) is 5.10 Å². The van der Waals surface area contributed by atoms with E-state index >= 15 is 0 Å². The molecule has 4 rings (SSSR count). The third kappa shape index (κ3) is 4.45. The number of hydrogen-bond acceptors (Lipinski definition) is 5. The number of rotatable bonds is 5. The van der Waals surface area contributed by atoms with Crippen LogP contribution in [0.4, 0.5) is 0 Å². The monoisotopic (exact) mass is 414 g/mol. The Morgan fingerprint density at radius 2 is 1.84 bits per heavy atom. The second kappa shape index (κ2) is 8.26. The molecule has 0 aliphatic rings. The number of carbonyl (C=O) groups is 1. The molecule has 0 saturated carbocycles. The summed E-state index contributed by atoms with van der Waals surface area (Å²) in [6.45, 7) is 8.84. The first-order valence-corrected chi connectivity index (χ1v) is 10.3. The van der Waals surface area contributed by atoms with E-state index in [0.29, 0.717) is 23.4 Å². The van der Waals surface area contributed by atoms with Crippen molar-refractivity contribution >= 4 is 16.9 Å². The topological polar surface area (TPSA) is 85.6 Å². The van der Waals surface area contributed by atoms with Crippen molar-refractivity contribution in [2.45, 2.75) is 40.3 Å². The maximum Gasteiger partial charge on any atom is 0.252 e. The summed E-state index contributed by atoms with van der Waals surface area (Å²) >= 11 is 0. The lowest BCUT2D eigenvalue weighted by Gasteiger charge is -2.28. The van der Waals surface area contributed by atoms with Gasteiger partial charge in [0.05, 0.1) is 29.4 Å². The number of hydrogen-bond donors (Lipinski definition) is 1. The molecular weight excluding hydrogens is 388 g/mol. The predicted octanol–water partition coefficient (Wildman–Crippen LogP) is 4.10. The number of nitrogens with zero attached hydrogens (tertiary/aromatic N) is 5. The predicted molar refractivity (Wildman–Crippen MR) is 120 cm³/mol. The van der Waals surface area contributed by atoms with E-state index < -0.39 is 0 Å². The van der Waals surface area contributed by atoms with Gasteiger partial charge in [0.15, 0.2) is 5.65 Å². The van der Waals surface area contributed by atoms with Crippen LogP contribution in [0.1, 0.15) is 43.6 Å². The highest BCUT2D eigenvalue weighted by Crippen LogP contribution is 2.26. The summed E-state index contributed by atoms with van der Waals surface area (Å²) < 4.78 is 1.80. The second-order valence-electron chi connectivity index (χ2n) is 8.76. The quantitative estimate of drug-likeness (QED) is 0.531. The molecule has 4 heterocycles. The van der Waals surface area contributed by atoms with Gasteiger partial charge in [-0.1, -0.05) is 26.8 Å². The molecule has 0 aliphatic carbocycles. The molecule has 7 nitrogen and oxygen atoms in total. The number of pyridine rings is 3. The van der Waals surface area contributed by atoms with Gasteiger partial charge in [-0.15, -0.1) is 0 Å². The molecule has 0 radical (unpaired) electrons. The first-order valence-electron chi connectivity index (χ1n) is 10.3. The number of amides is 1. The van der Waals surface area contributed by atoms with Gasteiger partial charge in [-0.25, -0.2) is 9.67 Å². The van der Waals surface area contributed by atoms with Gasteiger partial charge in [0.25, 0.3) is 5.91 Å². The lowest BCUT2D eigenvalue weighted by Crippen LogP contribution is -2.41. The maximum atomic E-state index is 13.3. The van der Waals surface area contributed by atoms with Crippen LogP contribution < -0.4 is 5.32 Å². The molecular formula is C24H26N6O. The van der Waals surface area contributed by atoms with E-state index in [1.54, 1.807) is 35.7 Å². The molecule has 4 aromatic rings. The van der Waals surface area contributed by atoms with Gasteiger partial charge in [-0.05, 0) is 42.2 Å². The van der Waals surface area contributed by atoms with E-state index in [0.717, 1.165) is 16.5 Å². The normalized spacial score (nSPS) is 12.6. The van der Waals surface area contributed by atoms with Crippen molar-refractivity contribution in [1.29, 1.82) is 0 Å². The minimum atomic E-state index is -0.138. The zero-order valence-electron chi connectivity index (χ0n) is 18.2. The number of aromatic nitrogens is 5. The van der Waals surface area contributed by atoms with Gasteiger partial charge < -0.3 is 5.32 Å². The van der Waals surface area contributed by atoms with Crippen LogP contribution >= 0.6 is 0 Å². The Kier molecular flexibility index (Phi) is 5.50. The molecule has 1 N–H and O–H groups in total. The molecule has 0 aromatic carbocycles. The zero-order chi connectivity index (χ0) is 22.0. The summed E-state index contributed by atoms with van der Waals surface area (Å²) in [5.74, 6) is -0.138. The molecule has 0 spiro atoms. The van der Waals surface area contributed by atoms with E-state index in [2.05, 4.69) is 41.2 Å². The molecule has 1 unspecified atom stereocenters. The van der Waals surface area contributed by atoms with Crippen LogP contribution in [-0.4, -0.2) is 36.7 Å². The SMILES string of the molecule is CC(NC(=O)c1cc(-c2cccnc2)nc2c1cnn2Cc1cccnc1)C(C)(C)C.